The van der Waals surface area contributed by atoms with Gasteiger partial charge in [-0.25, -0.2) is 0 Å². The first kappa shape index (κ1) is 17.7. The maximum absolute atomic E-state index is 12.7. The van der Waals surface area contributed by atoms with Gasteiger partial charge < -0.3 is 10.0 Å². The van der Waals surface area contributed by atoms with Crippen molar-refractivity contribution in [2.24, 2.45) is 17.8 Å². The third-order valence-electron chi connectivity index (χ3n) is 4.64. The molecule has 0 aromatic heterocycles. The van der Waals surface area contributed by atoms with Crippen LogP contribution in [0.1, 0.15) is 33.1 Å². The molecule has 1 saturated heterocycles. The Morgan fingerprint density at radius 3 is 2.22 bits per heavy atom. The van der Waals surface area contributed by atoms with Crippen LogP contribution in [0.2, 0.25) is 0 Å². The molecule has 0 saturated carbocycles. The minimum atomic E-state index is -0.767. The first-order valence-electron chi connectivity index (χ1n) is 8.26. The van der Waals surface area contributed by atoms with Crippen molar-refractivity contribution in [1.82, 2.24) is 9.80 Å². The quantitative estimate of drug-likeness (QED) is 0.580. The van der Waals surface area contributed by atoms with Crippen LogP contribution in [0.25, 0.3) is 0 Å². The molecule has 6 heteroatoms. The summed E-state index contributed by atoms with van der Waals surface area (Å²) in [5.74, 6) is -1.19. The molecule has 0 aromatic rings. The van der Waals surface area contributed by atoms with Crippen molar-refractivity contribution in [3.05, 3.63) is 12.2 Å². The van der Waals surface area contributed by atoms with E-state index in [1.807, 2.05) is 26.0 Å². The van der Waals surface area contributed by atoms with Crippen molar-refractivity contribution in [2.75, 3.05) is 20.2 Å². The summed E-state index contributed by atoms with van der Waals surface area (Å²) in [6.45, 7) is 3.98. The number of hydrogen-bond acceptors (Lipinski definition) is 4. The summed E-state index contributed by atoms with van der Waals surface area (Å²) in [6, 6.07) is -0.767. The van der Waals surface area contributed by atoms with E-state index in [0.29, 0.717) is 19.3 Å². The van der Waals surface area contributed by atoms with Crippen LogP contribution in [0.4, 0.5) is 0 Å². The van der Waals surface area contributed by atoms with E-state index in [1.165, 1.54) is 9.80 Å². The molecule has 2 aliphatic rings. The van der Waals surface area contributed by atoms with Gasteiger partial charge >= 0.3 is 0 Å². The van der Waals surface area contributed by atoms with Gasteiger partial charge in [0.25, 0.3) is 0 Å². The average molecular weight is 322 g/mol. The molecule has 1 N–H and O–H groups in total. The van der Waals surface area contributed by atoms with Gasteiger partial charge in [-0.1, -0.05) is 26.0 Å². The molecule has 2 rings (SSSR count). The Hall–Kier alpha value is -1.69. The van der Waals surface area contributed by atoms with Gasteiger partial charge in [-0.15, -0.1) is 0 Å². The molecule has 0 spiro atoms. The second kappa shape index (κ2) is 7.25. The number of rotatable bonds is 6. The van der Waals surface area contributed by atoms with Crippen molar-refractivity contribution in [3.8, 4) is 0 Å². The number of imide groups is 1. The van der Waals surface area contributed by atoms with E-state index in [-0.39, 0.29) is 48.6 Å². The highest BCUT2D eigenvalue weighted by molar-refractivity contribution is 6.08. The maximum Gasteiger partial charge on any atom is 0.245 e. The monoisotopic (exact) mass is 322 g/mol. The number of nitrogens with zero attached hydrogens (tertiary/aromatic N) is 2. The van der Waals surface area contributed by atoms with Gasteiger partial charge in [0.15, 0.2) is 0 Å². The van der Waals surface area contributed by atoms with Gasteiger partial charge in [0.1, 0.15) is 6.04 Å². The minimum absolute atomic E-state index is 0.145. The summed E-state index contributed by atoms with van der Waals surface area (Å²) >= 11 is 0. The lowest BCUT2D eigenvalue weighted by Gasteiger charge is -2.30. The highest BCUT2D eigenvalue weighted by Gasteiger charge is 2.51. The summed E-state index contributed by atoms with van der Waals surface area (Å²) in [7, 11) is 1.59. The third-order valence-corrected chi connectivity index (χ3v) is 4.64. The number of likely N-dealkylation sites (N-methyl/N-ethyl adjacent to an activating group) is 1. The Morgan fingerprint density at radius 2 is 1.78 bits per heavy atom. The summed E-state index contributed by atoms with van der Waals surface area (Å²) in [4.78, 5) is 40.7. The first-order valence-corrected chi connectivity index (χ1v) is 8.26. The predicted octanol–water partition coefficient (Wildman–Crippen LogP) is 0.803. The standard InChI is InChI=1S/C17H26N2O4/c1-11(2)10-14(17(23)18(3)8-9-20)19-15(21)12-6-4-5-7-13(12)16(19)22/h4-5,11-14,20H,6-10H2,1-3H3/t12-,13+,14-/m1/s1. The van der Waals surface area contributed by atoms with Crippen molar-refractivity contribution < 1.29 is 19.5 Å². The first-order chi connectivity index (χ1) is 10.9. The van der Waals surface area contributed by atoms with Gasteiger partial charge in [-0.05, 0) is 25.2 Å². The Balaban J connectivity index is 2.26. The Bertz CT molecular complexity index is 489. The number of carbonyl (C=O) groups excluding carboxylic acids is 3. The fraction of sp³-hybridized carbons (Fsp3) is 0.706. The van der Waals surface area contributed by atoms with E-state index < -0.39 is 6.04 Å². The number of allylic oxidation sites excluding steroid dienone is 2. The molecule has 1 aliphatic carbocycles. The van der Waals surface area contributed by atoms with Crippen LogP contribution >= 0.6 is 0 Å². The Kier molecular flexibility index (Phi) is 5.57. The molecule has 1 heterocycles. The highest BCUT2D eigenvalue weighted by atomic mass is 16.3. The number of fused-ring (bicyclic) bond motifs is 1. The number of hydrogen-bond donors (Lipinski definition) is 1. The second-order valence-corrected chi connectivity index (χ2v) is 6.83. The van der Waals surface area contributed by atoms with Crippen molar-refractivity contribution in [3.63, 3.8) is 0 Å². The van der Waals surface area contributed by atoms with Crippen LogP contribution < -0.4 is 0 Å². The predicted molar refractivity (Wildman–Crippen MR) is 85.2 cm³/mol. The van der Waals surface area contributed by atoms with Crippen LogP contribution in [0.5, 0.6) is 0 Å². The Morgan fingerprint density at radius 1 is 1.26 bits per heavy atom. The Labute approximate surface area is 137 Å². The van der Waals surface area contributed by atoms with Crippen molar-refractivity contribution in [1.29, 1.82) is 0 Å². The number of aliphatic hydroxyl groups is 1. The molecular weight excluding hydrogens is 296 g/mol. The van der Waals surface area contributed by atoms with E-state index in [1.54, 1.807) is 7.05 Å². The second-order valence-electron chi connectivity index (χ2n) is 6.83. The zero-order valence-electron chi connectivity index (χ0n) is 14.1. The number of carbonyl (C=O) groups is 3. The van der Waals surface area contributed by atoms with Gasteiger partial charge in [0.05, 0.1) is 18.4 Å². The molecule has 3 atom stereocenters. The average Bonchev–Trinajstić information content (AvgIpc) is 2.76. The summed E-state index contributed by atoms with van der Waals surface area (Å²) in [5, 5.41) is 9.04. The SMILES string of the molecule is CC(C)C[C@H](C(=O)N(C)CCO)N1C(=O)[C@H]2CC=CC[C@H]2C1=O. The van der Waals surface area contributed by atoms with E-state index in [4.69, 9.17) is 5.11 Å². The molecule has 6 nitrogen and oxygen atoms in total. The molecule has 128 valence electrons. The molecule has 0 aromatic carbocycles. The van der Waals surface area contributed by atoms with Crippen molar-refractivity contribution in [2.45, 2.75) is 39.2 Å². The molecule has 23 heavy (non-hydrogen) atoms. The van der Waals surface area contributed by atoms with E-state index in [0.717, 1.165) is 0 Å². The lowest BCUT2D eigenvalue weighted by molar-refractivity contribution is -0.151. The fourth-order valence-corrected chi connectivity index (χ4v) is 3.41. The van der Waals surface area contributed by atoms with Crippen LogP contribution in [0, 0.1) is 17.8 Å². The van der Waals surface area contributed by atoms with E-state index >= 15 is 0 Å². The van der Waals surface area contributed by atoms with Crippen LogP contribution in [-0.2, 0) is 14.4 Å². The van der Waals surface area contributed by atoms with Gasteiger partial charge in [-0.2, -0.15) is 0 Å². The van der Waals surface area contributed by atoms with Gasteiger partial charge in [-0.3, -0.25) is 19.3 Å². The van der Waals surface area contributed by atoms with Crippen LogP contribution in [-0.4, -0.2) is 58.9 Å². The zero-order valence-corrected chi connectivity index (χ0v) is 14.1. The van der Waals surface area contributed by atoms with Crippen molar-refractivity contribution >= 4 is 17.7 Å². The van der Waals surface area contributed by atoms with E-state index in [9.17, 15) is 14.4 Å². The number of aliphatic hydroxyl groups excluding tert-OH is 1. The summed E-state index contributed by atoms with van der Waals surface area (Å²) in [6.07, 6.45) is 5.46. The zero-order chi connectivity index (χ0) is 17.1. The molecule has 0 bridgehead atoms. The fourth-order valence-electron chi connectivity index (χ4n) is 3.41. The molecular formula is C17H26N2O4. The molecule has 3 amide bonds. The molecule has 0 radical (unpaired) electrons. The minimum Gasteiger partial charge on any atom is -0.395 e. The number of likely N-dealkylation sites (tertiary alicyclic amines) is 1. The smallest absolute Gasteiger partial charge is 0.245 e. The van der Waals surface area contributed by atoms with Crippen LogP contribution in [0.3, 0.4) is 0 Å². The third kappa shape index (κ3) is 3.47. The normalized spacial score (nSPS) is 25.0. The molecule has 1 fully saturated rings. The lowest BCUT2D eigenvalue weighted by Crippen LogP contribution is -2.51. The largest absolute Gasteiger partial charge is 0.395 e. The number of amides is 3. The lowest BCUT2D eigenvalue weighted by atomic mass is 9.85. The topological polar surface area (TPSA) is 77.9 Å². The highest BCUT2D eigenvalue weighted by Crippen LogP contribution is 2.37. The van der Waals surface area contributed by atoms with E-state index in [2.05, 4.69) is 0 Å². The summed E-state index contributed by atoms with van der Waals surface area (Å²) in [5.41, 5.74) is 0. The molecule has 0 unspecified atom stereocenters. The van der Waals surface area contributed by atoms with Gasteiger partial charge in [0.2, 0.25) is 17.7 Å². The molecule has 1 aliphatic heterocycles. The summed E-state index contributed by atoms with van der Waals surface area (Å²) < 4.78 is 0. The van der Waals surface area contributed by atoms with Crippen LogP contribution in [0.15, 0.2) is 12.2 Å². The van der Waals surface area contributed by atoms with Gasteiger partial charge in [0, 0.05) is 13.6 Å². The maximum atomic E-state index is 12.7.